The lowest BCUT2D eigenvalue weighted by molar-refractivity contribution is -0.121. The van der Waals surface area contributed by atoms with Crippen LogP contribution in [0.1, 0.15) is 37.4 Å². The van der Waals surface area contributed by atoms with Crippen LogP contribution in [0.25, 0.3) is 0 Å². The SMILES string of the molecule is CC(CC(O)c1ccco1)NC(=O)CCc1ccco1. The van der Waals surface area contributed by atoms with E-state index in [1.807, 2.05) is 13.0 Å². The zero-order chi connectivity index (χ0) is 14.4. The molecule has 2 rings (SSSR count). The molecule has 2 unspecified atom stereocenters. The van der Waals surface area contributed by atoms with Crippen molar-refractivity contribution in [3.63, 3.8) is 0 Å². The van der Waals surface area contributed by atoms with Crippen LogP contribution in [0.4, 0.5) is 0 Å². The first-order valence-electron chi connectivity index (χ1n) is 6.68. The summed E-state index contributed by atoms with van der Waals surface area (Å²) in [6.07, 6.45) is 3.77. The summed E-state index contributed by atoms with van der Waals surface area (Å²) in [6, 6.07) is 6.97. The molecule has 2 heterocycles. The summed E-state index contributed by atoms with van der Waals surface area (Å²) in [4.78, 5) is 11.8. The van der Waals surface area contributed by atoms with E-state index in [4.69, 9.17) is 8.83 Å². The highest BCUT2D eigenvalue weighted by Crippen LogP contribution is 2.18. The second kappa shape index (κ2) is 6.96. The van der Waals surface area contributed by atoms with Gasteiger partial charge in [-0.05, 0) is 31.2 Å². The van der Waals surface area contributed by atoms with Crippen molar-refractivity contribution in [3.8, 4) is 0 Å². The lowest BCUT2D eigenvalue weighted by Crippen LogP contribution is -2.33. The number of carbonyl (C=O) groups excluding carboxylic acids is 1. The molecule has 2 atom stereocenters. The molecule has 5 nitrogen and oxygen atoms in total. The van der Waals surface area contributed by atoms with Crippen LogP contribution in [0.3, 0.4) is 0 Å². The Balaban J connectivity index is 1.70. The normalized spacial score (nSPS) is 13.9. The molecule has 108 valence electrons. The van der Waals surface area contributed by atoms with Gasteiger partial charge in [-0.3, -0.25) is 4.79 Å². The van der Waals surface area contributed by atoms with E-state index in [1.165, 1.54) is 6.26 Å². The van der Waals surface area contributed by atoms with Crippen LogP contribution < -0.4 is 5.32 Å². The third-order valence-electron chi connectivity index (χ3n) is 3.03. The van der Waals surface area contributed by atoms with Crippen LogP contribution >= 0.6 is 0 Å². The van der Waals surface area contributed by atoms with Gasteiger partial charge in [0.2, 0.25) is 5.91 Å². The maximum atomic E-state index is 11.8. The minimum atomic E-state index is -0.703. The fraction of sp³-hybridized carbons (Fsp3) is 0.400. The molecule has 5 heteroatoms. The zero-order valence-corrected chi connectivity index (χ0v) is 11.4. The summed E-state index contributed by atoms with van der Waals surface area (Å²) in [5, 5.41) is 12.8. The molecule has 0 spiro atoms. The summed E-state index contributed by atoms with van der Waals surface area (Å²) in [5.74, 6) is 1.26. The molecule has 0 bridgehead atoms. The van der Waals surface area contributed by atoms with Crippen LogP contribution in [0.2, 0.25) is 0 Å². The van der Waals surface area contributed by atoms with Crippen molar-refractivity contribution in [1.29, 1.82) is 0 Å². The topological polar surface area (TPSA) is 75.6 Å². The van der Waals surface area contributed by atoms with Crippen LogP contribution in [-0.4, -0.2) is 17.1 Å². The average molecular weight is 277 g/mol. The van der Waals surface area contributed by atoms with Gasteiger partial charge < -0.3 is 19.3 Å². The summed E-state index contributed by atoms with van der Waals surface area (Å²) in [5.41, 5.74) is 0. The molecule has 2 aromatic heterocycles. The van der Waals surface area contributed by atoms with Gasteiger partial charge >= 0.3 is 0 Å². The lowest BCUT2D eigenvalue weighted by atomic mass is 10.1. The Morgan fingerprint density at radius 2 is 2.05 bits per heavy atom. The molecular formula is C15H19NO4. The minimum absolute atomic E-state index is 0.0551. The third-order valence-corrected chi connectivity index (χ3v) is 3.03. The van der Waals surface area contributed by atoms with E-state index in [0.717, 1.165) is 5.76 Å². The van der Waals surface area contributed by atoms with Crippen LogP contribution in [0.5, 0.6) is 0 Å². The minimum Gasteiger partial charge on any atom is -0.469 e. The monoisotopic (exact) mass is 277 g/mol. The summed E-state index contributed by atoms with van der Waals surface area (Å²) in [7, 11) is 0. The summed E-state index contributed by atoms with van der Waals surface area (Å²) in [6.45, 7) is 1.86. The lowest BCUT2D eigenvalue weighted by Gasteiger charge is -2.16. The van der Waals surface area contributed by atoms with Crippen molar-refractivity contribution in [1.82, 2.24) is 5.32 Å². The predicted molar refractivity (Wildman–Crippen MR) is 72.9 cm³/mol. The zero-order valence-electron chi connectivity index (χ0n) is 11.4. The summed E-state index contributed by atoms with van der Waals surface area (Å²) >= 11 is 0. The molecule has 0 aliphatic rings. The number of aryl methyl sites for hydroxylation is 1. The van der Waals surface area contributed by atoms with Crippen LogP contribution in [0, 0.1) is 0 Å². The van der Waals surface area contributed by atoms with E-state index in [9.17, 15) is 9.90 Å². The molecule has 0 fully saturated rings. The fourth-order valence-corrected chi connectivity index (χ4v) is 2.03. The Labute approximate surface area is 117 Å². The van der Waals surface area contributed by atoms with Crippen molar-refractivity contribution in [2.24, 2.45) is 0 Å². The third kappa shape index (κ3) is 4.28. The van der Waals surface area contributed by atoms with Gasteiger partial charge in [-0.1, -0.05) is 0 Å². The maximum absolute atomic E-state index is 11.8. The van der Waals surface area contributed by atoms with Crippen LogP contribution in [-0.2, 0) is 11.2 Å². The first-order valence-corrected chi connectivity index (χ1v) is 6.68. The van der Waals surface area contributed by atoms with Crippen molar-refractivity contribution >= 4 is 5.91 Å². The highest BCUT2D eigenvalue weighted by molar-refractivity contribution is 5.76. The van der Waals surface area contributed by atoms with E-state index in [0.29, 0.717) is 25.0 Å². The number of aliphatic hydroxyl groups excluding tert-OH is 1. The number of rotatable bonds is 7. The first-order chi connectivity index (χ1) is 9.65. The molecule has 0 saturated carbocycles. The molecular weight excluding hydrogens is 258 g/mol. The number of carbonyl (C=O) groups is 1. The first kappa shape index (κ1) is 14.4. The van der Waals surface area contributed by atoms with Crippen molar-refractivity contribution in [2.75, 3.05) is 0 Å². The van der Waals surface area contributed by atoms with Gasteiger partial charge in [-0.2, -0.15) is 0 Å². The molecule has 2 N–H and O–H groups in total. The van der Waals surface area contributed by atoms with Crippen molar-refractivity contribution in [2.45, 2.75) is 38.3 Å². The molecule has 0 aromatic carbocycles. The highest BCUT2D eigenvalue weighted by Gasteiger charge is 2.16. The van der Waals surface area contributed by atoms with Gasteiger partial charge in [-0.15, -0.1) is 0 Å². The Kier molecular flexibility index (Phi) is 5.01. The van der Waals surface area contributed by atoms with Gasteiger partial charge in [-0.25, -0.2) is 0 Å². The number of aliphatic hydroxyl groups is 1. The van der Waals surface area contributed by atoms with Gasteiger partial charge in [0.05, 0.1) is 12.5 Å². The standard InChI is InChI=1S/C15H19NO4/c1-11(10-13(17)14-5-3-9-20-14)16-15(18)7-6-12-4-2-8-19-12/h2-5,8-9,11,13,17H,6-7,10H2,1H3,(H,16,18). The molecule has 0 aliphatic heterocycles. The number of amides is 1. The number of furan rings is 2. The maximum Gasteiger partial charge on any atom is 0.220 e. The Hall–Kier alpha value is -2.01. The molecule has 2 aromatic rings. The highest BCUT2D eigenvalue weighted by atomic mass is 16.4. The van der Waals surface area contributed by atoms with E-state index in [1.54, 1.807) is 24.5 Å². The van der Waals surface area contributed by atoms with Crippen molar-refractivity contribution < 1.29 is 18.7 Å². The second-order valence-corrected chi connectivity index (χ2v) is 4.81. The Morgan fingerprint density at radius 1 is 1.30 bits per heavy atom. The van der Waals surface area contributed by atoms with Crippen molar-refractivity contribution in [3.05, 3.63) is 48.3 Å². The summed E-state index contributed by atoms with van der Waals surface area (Å²) < 4.78 is 10.3. The van der Waals surface area contributed by atoms with E-state index < -0.39 is 6.10 Å². The van der Waals surface area contributed by atoms with Gasteiger partial charge in [0.1, 0.15) is 17.6 Å². The van der Waals surface area contributed by atoms with Crippen LogP contribution in [0.15, 0.2) is 45.6 Å². The number of hydrogen-bond acceptors (Lipinski definition) is 4. The Morgan fingerprint density at radius 3 is 2.70 bits per heavy atom. The smallest absolute Gasteiger partial charge is 0.220 e. The quantitative estimate of drug-likeness (QED) is 0.815. The van der Waals surface area contributed by atoms with Gasteiger partial charge in [0.25, 0.3) is 0 Å². The molecule has 1 amide bonds. The second-order valence-electron chi connectivity index (χ2n) is 4.81. The Bertz CT molecular complexity index is 504. The number of hydrogen-bond donors (Lipinski definition) is 2. The largest absolute Gasteiger partial charge is 0.469 e. The fourth-order valence-electron chi connectivity index (χ4n) is 2.03. The predicted octanol–water partition coefficient (Wildman–Crippen LogP) is 2.43. The molecule has 0 radical (unpaired) electrons. The van der Waals surface area contributed by atoms with Gasteiger partial charge in [0.15, 0.2) is 0 Å². The number of nitrogens with one attached hydrogen (secondary N) is 1. The average Bonchev–Trinajstić information content (AvgIpc) is 3.09. The van der Waals surface area contributed by atoms with Gasteiger partial charge in [0, 0.05) is 25.3 Å². The van der Waals surface area contributed by atoms with E-state index in [-0.39, 0.29) is 11.9 Å². The molecule has 0 saturated heterocycles. The van der Waals surface area contributed by atoms with E-state index in [2.05, 4.69) is 5.32 Å². The molecule has 20 heavy (non-hydrogen) atoms. The molecule has 0 aliphatic carbocycles. The van der Waals surface area contributed by atoms with E-state index >= 15 is 0 Å².